The molecule has 2 aromatic rings. The summed E-state index contributed by atoms with van der Waals surface area (Å²) in [7, 11) is 3.52. The first kappa shape index (κ1) is 14.4. The van der Waals surface area contributed by atoms with E-state index >= 15 is 0 Å². The number of nitrogens with zero attached hydrogens (tertiary/aromatic N) is 4. The van der Waals surface area contributed by atoms with E-state index in [2.05, 4.69) is 25.6 Å². The Bertz CT molecular complexity index is 668. The minimum atomic E-state index is -0.174. The lowest BCUT2D eigenvalue weighted by Crippen LogP contribution is -2.26. The molecule has 0 aromatic carbocycles. The molecule has 2 N–H and O–H groups in total. The number of hydrogen-bond acceptors (Lipinski definition) is 5. The van der Waals surface area contributed by atoms with E-state index in [-0.39, 0.29) is 5.91 Å². The van der Waals surface area contributed by atoms with Crippen LogP contribution in [0.5, 0.6) is 0 Å². The fourth-order valence-corrected chi connectivity index (χ4v) is 2.66. The molecule has 1 unspecified atom stereocenters. The highest BCUT2D eigenvalue weighted by molar-refractivity contribution is 5.92. The van der Waals surface area contributed by atoms with Gasteiger partial charge in [-0.05, 0) is 18.6 Å². The molecule has 0 radical (unpaired) electrons. The van der Waals surface area contributed by atoms with Crippen LogP contribution < -0.4 is 15.5 Å². The Balaban J connectivity index is 1.64. The molecule has 116 valence electrons. The summed E-state index contributed by atoms with van der Waals surface area (Å²) in [4.78, 5) is 18.3. The molecule has 1 fully saturated rings. The maximum absolute atomic E-state index is 11.6. The van der Waals surface area contributed by atoms with Gasteiger partial charge in [0.2, 0.25) is 0 Å². The Morgan fingerprint density at radius 2 is 2.27 bits per heavy atom. The average molecular weight is 300 g/mol. The van der Waals surface area contributed by atoms with Crippen LogP contribution in [0.1, 0.15) is 16.9 Å². The molecular formula is C15H20N6O. The molecule has 2 aromatic heterocycles. The average Bonchev–Trinajstić information content (AvgIpc) is 3.15. The van der Waals surface area contributed by atoms with Crippen LogP contribution in [0.2, 0.25) is 0 Å². The van der Waals surface area contributed by atoms with Crippen molar-refractivity contribution in [3.05, 3.63) is 36.3 Å². The number of carbonyl (C=O) groups is 1. The number of aromatic nitrogens is 3. The van der Waals surface area contributed by atoms with Crippen molar-refractivity contribution in [2.45, 2.75) is 12.5 Å². The van der Waals surface area contributed by atoms with Crippen LogP contribution in [-0.4, -0.2) is 46.9 Å². The fraction of sp³-hybridized carbons (Fsp3) is 0.400. The molecule has 0 aliphatic carbocycles. The second-order valence-corrected chi connectivity index (χ2v) is 5.44. The van der Waals surface area contributed by atoms with Crippen LogP contribution in [0.15, 0.2) is 30.6 Å². The summed E-state index contributed by atoms with van der Waals surface area (Å²) in [6.45, 7) is 1.88. The number of nitrogens with one attached hydrogen (secondary N) is 2. The van der Waals surface area contributed by atoms with Gasteiger partial charge in [-0.3, -0.25) is 9.48 Å². The van der Waals surface area contributed by atoms with E-state index in [0.717, 1.165) is 31.0 Å². The van der Waals surface area contributed by atoms with E-state index < -0.39 is 0 Å². The monoisotopic (exact) mass is 300 g/mol. The zero-order valence-electron chi connectivity index (χ0n) is 12.8. The molecule has 0 spiro atoms. The van der Waals surface area contributed by atoms with Crippen LogP contribution in [-0.2, 0) is 7.05 Å². The molecule has 7 nitrogen and oxygen atoms in total. The standard InChI is InChI=1S/C15H20N6O/c1-16-15(22)13-4-3-5-14(19-13)18-11-6-7-21(9-11)12-8-17-20(2)10-12/h3-5,8,10-11H,6-7,9H2,1-2H3,(H,16,22)(H,18,19). The Hall–Kier alpha value is -2.57. The van der Waals surface area contributed by atoms with Crippen molar-refractivity contribution in [2.24, 2.45) is 7.05 Å². The molecule has 1 amide bonds. The van der Waals surface area contributed by atoms with Crippen molar-refractivity contribution in [3.8, 4) is 0 Å². The van der Waals surface area contributed by atoms with E-state index in [0.29, 0.717) is 11.7 Å². The first-order valence-electron chi connectivity index (χ1n) is 7.35. The predicted octanol–water partition coefficient (Wildman–Crippen LogP) is 0.865. The van der Waals surface area contributed by atoms with Gasteiger partial charge < -0.3 is 15.5 Å². The Kier molecular flexibility index (Phi) is 3.95. The van der Waals surface area contributed by atoms with Gasteiger partial charge in [-0.1, -0.05) is 6.07 Å². The van der Waals surface area contributed by atoms with Crippen LogP contribution in [0.3, 0.4) is 0 Å². The highest BCUT2D eigenvalue weighted by Gasteiger charge is 2.23. The van der Waals surface area contributed by atoms with Gasteiger partial charge in [0.15, 0.2) is 0 Å². The molecule has 0 saturated carbocycles. The number of anilines is 2. The molecule has 3 rings (SSSR count). The Morgan fingerprint density at radius 3 is 3.00 bits per heavy atom. The van der Waals surface area contributed by atoms with Gasteiger partial charge in [-0.15, -0.1) is 0 Å². The van der Waals surface area contributed by atoms with Crippen molar-refractivity contribution in [1.82, 2.24) is 20.1 Å². The molecule has 1 aliphatic rings. The summed E-state index contributed by atoms with van der Waals surface area (Å²) in [5, 5.41) is 10.2. The Labute approximate surface area is 129 Å². The van der Waals surface area contributed by atoms with Gasteiger partial charge in [0.05, 0.1) is 11.9 Å². The van der Waals surface area contributed by atoms with Crippen molar-refractivity contribution in [2.75, 3.05) is 30.4 Å². The minimum absolute atomic E-state index is 0.174. The number of pyridine rings is 1. The number of carbonyl (C=O) groups excluding carboxylic acids is 1. The first-order valence-corrected chi connectivity index (χ1v) is 7.35. The number of amides is 1. The summed E-state index contributed by atoms with van der Waals surface area (Å²) in [5.41, 5.74) is 1.56. The zero-order valence-corrected chi connectivity index (χ0v) is 12.8. The van der Waals surface area contributed by atoms with E-state index in [1.807, 2.05) is 36.3 Å². The van der Waals surface area contributed by atoms with Crippen LogP contribution in [0, 0.1) is 0 Å². The van der Waals surface area contributed by atoms with Gasteiger partial charge in [-0.2, -0.15) is 5.10 Å². The second kappa shape index (κ2) is 6.05. The van der Waals surface area contributed by atoms with Crippen molar-refractivity contribution in [1.29, 1.82) is 0 Å². The number of rotatable bonds is 4. The number of aryl methyl sites for hydroxylation is 1. The summed E-state index contributed by atoms with van der Waals surface area (Å²) in [6, 6.07) is 5.75. The smallest absolute Gasteiger partial charge is 0.269 e. The second-order valence-electron chi connectivity index (χ2n) is 5.44. The Morgan fingerprint density at radius 1 is 1.41 bits per heavy atom. The molecule has 3 heterocycles. The maximum atomic E-state index is 11.6. The highest BCUT2D eigenvalue weighted by atomic mass is 16.1. The molecule has 7 heteroatoms. The maximum Gasteiger partial charge on any atom is 0.269 e. The fourth-order valence-electron chi connectivity index (χ4n) is 2.66. The quantitative estimate of drug-likeness (QED) is 0.876. The minimum Gasteiger partial charge on any atom is -0.367 e. The largest absolute Gasteiger partial charge is 0.367 e. The summed E-state index contributed by atoms with van der Waals surface area (Å²) in [6.07, 6.45) is 4.93. The van der Waals surface area contributed by atoms with Gasteiger partial charge in [0.25, 0.3) is 5.91 Å². The lowest BCUT2D eigenvalue weighted by Gasteiger charge is -2.17. The normalized spacial score (nSPS) is 17.5. The topological polar surface area (TPSA) is 75.1 Å². The predicted molar refractivity (Wildman–Crippen MR) is 85.1 cm³/mol. The lowest BCUT2D eigenvalue weighted by atomic mass is 10.2. The first-order chi connectivity index (χ1) is 10.7. The molecular weight excluding hydrogens is 280 g/mol. The van der Waals surface area contributed by atoms with Crippen LogP contribution in [0.4, 0.5) is 11.5 Å². The van der Waals surface area contributed by atoms with Crippen molar-refractivity contribution >= 4 is 17.4 Å². The summed E-state index contributed by atoms with van der Waals surface area (Å²) >= 11 is 0. The molecule has 1 saturated heterocycles. The van der Waals surface area contributed by atoms with Crippen LogP contribution >= 0.6 is 0 Å². The zero-order chi connectivity index (χ0) is 15.5. The SMILES string of the molecule is CNC(=O)c1cccc(NC2CCN(c3cnn(C)c3)C2)n1. The number of hydrogen-bond donors (Lipinski definition) is 2. The van der Waals surface area contributed by atoms with Crippen LogP contribution in [0.25, 0.3) is 0 Å². The third kappa shape index (κ3) is 3.03. The summed E-state index contributed by atoms with van der Waals surface area (Å²) in [5.74, 6) is 0.561. The lowest BCUT2D eigenvalue weighted by molar-refractivity contribution is 0.0958. The third-order valence-electron chi connectivity index (χ3n) is 3.81. The van der Waals surface area contributed by atoms with Gasteiger partial charge in [-0.25, -0.2) is 4.98 Å². The highest BCUT2D eigenvalue weighted by Crippen LogP contribution is 2.21. The van der Waals surface area contributed by atoms with Crippen molar-refractivity contribution < 1.29 is 4.79 Å². The van der Waals surface area contributed by atoms with E-state index in [4.69, 9.17) is 0 Å². The third-order valence-corrected chi connectivity index (χ3v) is 3.81. The molecule has 1 atom stereocenters. The van der Waals surface area contributed by atoms with Crippen molar-refractivity contribution in [3.63, 3.8) is 0 Å². The van der Waals surface area contributed by atoms with Gasteiger partial charge >= 0.3 is 0 Å². The molecule has 1 aliphatic heterocycles. The molecule has 0 bridgehead atoms. The van der Waals surface area contributed by atoms with E-state index in [1.54, 1.807) is 13.1 Å². The molecule has 22 heavy (non-hydrogen) atoms. The van der Waals surface area contributed by atoms with Gasteiger partial charge in [0.1, 0.15) is 11.5 Å². The van der Waals surface area contributed by atoms with E-state index in [9.17, 15) is 4.79 Å². The van der Waals surface area contributed by atoms with Gasteiger partial charge in [0, 0.05) is 39.4 Å². The van der Waals surface area contributed by atoms with E-state index in [1.165, 1.54) is 0 Å². The summed E-state index contributed by atoms with van der Waals surface area (Å²) < 4.78 is 1.81.